The second kappa shape index (κ2) is 20.3. The quantitative estimate of drug-likeness (QED) is 0.0487. The first-order valence-electron chi connectivity index (χ1n) is 25.2. The molecule has 0 bridgehead atoms. The number of anilines is 3. The van der Waals surface area contributed by atoms with Gasteiger partial charge in [0, 0.05) is 27.9 Å². The smallest absolute Gasteiger partial charge is 0.268 e. The Morgan fingerprint density at radius 1 is 0.406 bits per heavy atom. The van der Waals surface area contributed by atoms with Crippen LogP contribution in [-0.4, -0.2) is 5.11 Å². The maximum absolute atomic E-state index is 12.6. The predicted molar refractivity (Wildman–Crippen MR) is 271 cm³/mol. The predicted octanol–water partition coefficient (Wildman–Crippen LogP) is 16.5. The van der Waals surface area contributed by atoms with Gasteiger partial charge in [0.15, 0.2) is 5.75 Å². The van der Waals surface area contributed by atoms with Crippen LogP contribution in [0.3, 0.4) is 0 Å². The van der Waals surface area contributed by atoms with Crippen LogP contribution in [0, 0.1) is 0 Å². The molecule has 0 spiro atoms. The second-order valence-corrected chi connectivity index (χ2v) is 19.2. The maximum Gasteiger partial charge on any atom is 0.268 e. The molecule has 0 unspecified atom stereocenters. The lowest BCUT2D eigenvalue weighted by Crippen LogP contribution is -2.31. The lowest BCUT2D eigenvalue weighted by molar-refractivity contribution is 0.401. The Bertz CT molecular complexity index is 2440. The van der Waals surface area contributed by atoms with Crippen LogP contribution in [0.5, 0.6) is 5.75 Å². The van der Waals surface area contributed by atoms with E-state index in [9.17, 15) is 14.7 Å². The van der Waals surface area contributed by atoms with Gasteiger partial charge in [0.25, 0.3) is 5.43 Å². The van der Waals surface area contributed by atoms with Crippen LogP contribution in [0.1, 0.15) is 178 Å². The first-order valence-corrected chi connectivity index (χ1v) is 25.2. The number of aromatic hydroxyl groups is 1. The highest BCUT2D eigenvalue weighted by atomic mass is 16.3. The van der Waals surface area contributed by atoms with Crippen molar-refractivity contribution >= 4 is 17.1 Å². The average molecular weight is 854 g/mol. The van der Waals surface area contributed by atoms with Crippen molar-refractivity contribution in [1.29, 1.82) is 0 Å². The molecule has 2 aliphatic rings. The van der Waals surface area contributed by atoms with Gasteiger partial charge in [-0.1, -0.05) is 203 Å². The van der Waals surface area contributed by atoms with E-state index >= 15 is 0 Å². The van der Waals surface area contributed by atoms with Gasteiger partial charge >= 0.3 is 0 Å². The van der Waals surface area contributed by atoms with E-state index in [1.807, 2.05) is 12.1 Å². The first kappa shape index (κ1) is 45.4. The third-order valence-corrected chi connectivity index (χ3v) is 15.1. The molecule has 0 amide bonds. The second-order valence-electron chi connectivity index (χ2n) is 19.2. The number of nitrogens with zero attached hydrogens (tertiary/aromatic N) is 1. The molecule has 0 saturated carbocycles. The lowest BCUT2D eigenvalue weighted by atomic mass is 9.70. The van der Waals surface area contributed by atoms with Gasteiger partial charge in [0.1, 0.15) is 0 Å². The van der Waals surface area contributed by atoms with Crippen LogP contribution in [0.25, 0.3) is 33.4 Å². The Labute approximate surface area is 383 Å². The minimum Gasteiger partial charge on any atom is -0.503 e. The standard InChI is InChI=1S/C60H71NO3/c1-5-9-13-21-37-59(38-22-14-10-6-2)51-27-19-17-25-47(51)49-35-33-45(41-53(49)59)61(44-31-29-43(30-32-44)55-56(62)58(64)57(55)63)46-34-36-50-48-26-18-20-28-52(48)60(54(50)42-46,39-23-15-11-7-3)40-24-16-12-8-4/h17-20,25-36,41-42,62H,5-16,21-24,37-40H2,1-4H3. The van der Waals surface area contributed by atoms with Gasteiger partial charge in [-0.15, -0.1) is 0 Å². The van der Waals surface area contributed by atoms with Crippen molar-refractivity contribution in [3.8, 4) is 39.1 Å². The Morgan fingerprint density at radius 2 is 0.781 bits per heavy atom. The van der Waals surface area contributed by atoms with Crippen LogP contribution in [0.15, 0.2) is 119 Å². The Balaban J connectivity index is 1.30. The summed E-state index contributed by atoms with van der Waals surface area (Å²) in [5.41, 5.74) is 13.7. The zero-order chi connectivity index (χ0) is 44.7. The molecule has 2 aliphatic carbocycles. The summed E-state index contributed by atoms with van der Waals surface area (Å²) in [6, 6.07) is 40.8. The molecule has 0 aromatic heterocycles. The van der Waals surface area contributed by atoms with Crippen molar-refractivity contribution in [2.75, 3.05) is 4.90 Å². The molecule has 4 heteroatoms. The summed E-state index contributed by atoms with van der Waals surface area (Å²) in [5, 5.41) is 10.4. The van der Waals surface area contributed by atoms with Crippen LogP contribution < -0.4 is 15.8 Å². The van der Waals surface area contributed by atoms with Gasteiger partial charge in [-0.2, -0.15) is 0 Å². The molecular weight excluding hydrogens is 783 g/mol. The molecule has 6 aromatic carbocycles. The number of unbranched alkanes of at least 4 members (excludes halogenated alkanes) is 12. The topological polar surface area (TPSA) is 57.6 Å². The fourth-order valence-electron chi connectivity index (χ4n) is 11.8. The van der Waals surface area contributed by atoms with Crippen molar-refractivity contribution in [1.82, 2.24) is 0 Å². The molecule has 0 fully saturated rings. The monoisotopic (exact) mass is 854 g/mol. The molecular formula is C60H71NO3. The highest BCUT2D eigenvalue weighted by Crippen LogP contribution is 2.58. The normalized spacial score (nSPS) is 14.1. The van der Waals surface area contributed by atoms with E-state index in [-0.39, 0.29) is 16.4 Å². The molecule has 8 rings (SSSR count). The first-order chi connectivity index (χ1) is 31.3. The summed E-state index contributed by atoms with van der Waals surface area (Å²) in [4.78, 5) is 27.1. The van der Waals surface area contributed by atoms with E-state index in [1.54, 1.807) is 0 Å². The number of hydrogen-bond donors (Lipinski definition) is 1. The van der Waals surface area contributed by atoms with Gasteiger partial charge in [-0.25, -0.2) is 0 Å². The Morgan fingerprint density at radius 3 is 1.17 bits per heavy atom. The minimum absolute atomic E-state index is 0.0637. The summed E-state index contributed by atoms with van der Waals surface area (Å²) >= 11 is 0. The van der Waals surface area contributed by atoms with E-state index in [1.165, 1.54) is 147 Å². The number of hydrogen-bond acceptors (Lipinski definition) is 4. The SMILES string of the molecule is CCCCCCC1(CCCCCC)c2ccccc2-c2ccc(N(c3ccc(-c4c(O)c(=O)c4=O)cc3)c3ccc4c(c3)C(CCCCCC)(CCCCCC)c3ccccc3-4)cc21. The highest BCUT2D eigenvalue weighted by Gasteiger charge is 2.44. The zero-order valence-electron chi connectivity index (χ0n) is 39.2. The van der Waals surface area contributed by atoms with Crippen molar-refractivity contribution in [2.24, 2.45) is 0 Å². The van der Waals surface area contributed by atoms with E-state index in [0.29, 0.717) is 5.56 Å². The van der Waals surface area contributed by atoms with Crippen LogP contribution in [0.2, 0.25) is 0 Å². The van der Waals surface area contributed by atoms with Crippen molar-refractivity contribution < 1.29 is 5.11 Å². The Hall–Kier alpha value is -5.22. The summed E-state index contributed by atoms with van der Waals surface area (Å²) in [7, 11) is 0. The van der Waals surface area contributed by atoms with E-state index in [2.05, 4.69) is 130 Å². The zero-order valence-corrected chi connectivity index (χ0v) is 39.2. The third-order valence-electron chi connectivity index (χ3n) is 15.1. The molecule has 1 N–H and O–H groups in total. The van der Waals surface area contributed by atoms with Gasteiger partial charge in [0.2, 0.25) is 5.43 Å². The van der Waals surface area contributed by atoms with E-state index in [4.69, 9.17) is 0 Å². The van der Waals surface area contributed by atoms with Gasteiger partial charge in [-0.05, 0) is 112 Å². The fourth-order valence-corrected chi connectivity index (χ4v) is 11.8. The van der Waals surface area contributed by atoms with Gasteiger partial charge < -0.3 is 10.0 Å². The number of rotatable bonds is 24. The number of fused-ring (bicyclic) bond motifs is 6. The molecule has 0 heterocycles. The summed E-state index contributed by atoms with van der Waals surface area (Å²) in [5.74, 6) is -0.436. The molecule has 334 valence electrons. The third kappa shape index (κ3) is 8.43. The molecule has 0 atom stereocenters. The summed E-state index contributed by atoms with van der Waals surface area (Å²) in [6.45, 7) is 9.21. The van der Waals surface area contributed by atoms with E-state index in [0.717, 1.165) is 42.7 Å². The molecule has 6 aromatic rings. The van der Waals surface area contributed by atoms with Crippen molar-refractivity contribution in [3.05, 3.63) is 152 Å². The summed E-state index contributed by atoms with van der Waals surface area (Å²) in [6.07, 6.45) is 24.3. The summed E-state index contributed by atoms with van der Waals surface area (Å²) < 4.78 is 0. The highest BCUT2D eigenvalue weighted by molar-refractivity contribution is 5.89. The Kier molecular flexibility index (Phi) is 14.4. The molecule has 0 saturated heterocycles. The van der Waals surface area contributed by atoms with E-state index < -0.39 is 16.6 Å². The van der Waals surface area contributed by atoms with Crippen LogP contribution >= 0.6 is 0 Å². The van der Waals surface area contributed by atoms with Gasteiger partial charge in [-0.3, -0.25) is 9.59 Å². The lowest BCUT2D eigenvalue weighted by Gasteiger charge is -2.35. The van der Waals surface area contributed by atoms with Crippen molar-refractivity contribution in [3.63, 3.8) is 0 Å². The largest absolute Gasteiger partial charge is 0.503 e. The van der Waals surface area contributed by atoms with Crippen LogP contribution in [0.4, 0.5) is 17.1 Å². The average Bonchev–Trinajstić information content (AvgIpc) is 3.76. The number of benzene rings is 5. The molecule has 4 nitrogen and oxygen atoms in total. The van der Waals surface area contributed by atoms with Gasteiger partial charge in [0.05, 0.1) is 5.56 Å². The fraction of sp³-hybridized carbons (Fsp3) is 0.433. The molecule has 0 radical (unpaired) electrons. The van der Waals surface area contributed by atoms with Crippen LogP contribution in [-0.2, 0) is 10.8 Å². The maximum atomic E-state index is 12.6. The van der Waals surface area contributed by atoms with Crippen molar-refractivity contribution in [2.45, 2.75) is 167 Å². The molecule has 64 heavy (non-hydrogen) atoms. The molecule has 0 aliphatic heterocycles. The minimum atomic E-state index is -0.806.